The molecule has 2 heteroatoms. The number of benzene rings is 1. The van der Waals surface area contributed by atoms with Crippen LogP contribution in [0.2, 0.25) is 0 Å². The van der Waals surface area contributed by atoms with Crippen LogP contribution in [0.15, 0.2) is 12.1 Å². The number of alkyl halides is 1. The molecule has 0 saturated carbocycles. The standard InChI is InChI=1S/C12H16FN/c1-8-5-9(2)10-3-4-12(13,7-14)11(10)6-8/h5-6H,3-4,7,14H2,1-2H3. The summed E-state index contributed by atoms with van der Waals surface area (Å²) in [4.78, 5) is 0. The summed E-state index contributed by atoms with van der Waals surface area (Å²) < 4.78 is 14.3. The van der Waals surface area contributed by atoms with Crippen molar-refractivity contribution in [2.24, 2.45) is 5.73 Å². The van der Waals surface area contributed by atoms with Crippen molar-refractivity contribution in [3.63, 3.8) is 0 Å². The van der Waals surface area contributed by atoms with Crippen molar-refractivity contribution in [2.75, 3.05) is 6.54 Å². The molecular weight excluding hydrogens is 177 g/mol. The highest BCUT2D eigenvalue weighted by Gasteiger charge is 2.38. The van der Waals surface area contributed by atoms with Gasteiger partial charge in [-0.05, 0) is 43.4 Å². The molecule has 0 heterocycles. The van der Waals surface area contributed by atoms with Crippen LogP contribution in [0.25, 0.3) is 0 Å². The molecule has 1 aromatic rings. The Morgan fingerprint density at radius 2 is 2.14 bits per heavy atom. The Morgan fingerprint density at radius 1 is 1.43 bits per heavy atom. The van der Waals surface area contributed by atoms with Gasteiger partial charge in [-0.25, -0.2) is 4.39 Å². The van der Waals surface area contributed by atoms with Gasteiger partial charge in [0.25, 0.3) is 0 Å². The average molecular weight is 193 g/mol. The third-order valence-corrected chi connectivity index (χ3v) is 3.19. The largest absolute Gasteiger partial charge is 0.327 e. The quantitative estimate of drug-likeness (QED) is 0.728. The summed E-state index contributed by atoms with van der Waals surface area (Å²) in [6, 6.07) is 4.06. The summed E-state index contributed by atoms with van der Waals surface area (Å²) in [5.74, 6) is 0. The Kier molecular flexibility index (Phi) is 2.11. The van der Waals surface area contributed by atoms with Crippen molar-refractivity contribution >= 4 is 0 Å². The minimum Gasteiger partial charge on any atom is -0.327 e. The van der Waals surface area contributed by atoms with Gasteiger partial charge in [-0.15, -0.1) is 0 Å². The zero-order chi connectivity index (χ0) is 10.3. The van der Waals surface area contributed by atoms with Gasteiger partial charge in [0.1, 0.15) is 5.67 Å². The van der Waals surface area contributed by atoms with Crippen LogP contribution in [0.4, 0.5) is 4.39 Å². The maximum Gasteiger partial charge on any atom is 0.148 e. The third-order valence-electron chi connectivity index (χ3n) is 3.19. The van der Waals surface area contributed by atoms with E-state index in [1.54, 1.807) is 0 Å². The smallest absolute Gasteiger partial charge is 0.148 e. The molecule has 0 radical (unpaired) electrons. The van der Waals surface area contributed by atoms with E-state index in [-0.39, 0.29) is 6.54 Å². The van der Waals surface area contributed by atoms with Crippen molar-refractivity contribution < 1.29 is 4.39 Å². The number of hydrogen-bond donors (Lipinski definition) is 1. The molecule has 1 aliphatic carbocycles. The molecule has 0 bridgehead atoms. The predicted octanol–water partition coefficient (Wildman–Crippen LogP) is 2.37. The third kappa shape index (κ3) is 1.25. The Balaban J connectivity index is 2.60. The van der Waals surface area contributed by atoms with Crippen molar-refractivity contribution in [1.82, 2.24) is 0 Å². The number of halogens is 1. The molecular formula is C12H16FN. The minimum absolute atomic E-state index is 0.100. The van der Waals surface area contributed by atoms with Gasteiger partial charge in [0.2, 0.25) is 0 Å². The van der Waals surface area contributed by atoms with E-state index in [4.69, 9.17) is 5.73 Å². The first-order valence-corrected chi connectivity index (χ1v) is 5.06. The molecule has 0 aromatic heterocycles. The van der Waals surface area contributed by atoms with E-state index in [1.807, 2.05) is 19.9 Å². The lowest BCUT2D eigenvalue weighted by molar-refractivity contribution is 0.177. The molecule has 14 heavy (non-hydrogen) atoms. The van der Waals surface area contributed by atoms with Gasteiger partial charge in [0.05, 0.1) is 0 Å². The highest BCUT2D eigenvalue weighted by molar-refractivity contribution is 5.45. The number of fused-ring (bicyclic) bond motifs is 1. The van der Waals surface area contributed by atoms with Gasteiger partial charge in [0, 0.05) is 6.54 Å². The van der Waals surface area contributed by atoms with Crippen LogP contribution in [-0.4, -0.2) is 6.54 Å². The van der Waals surface area contributed by atoms with Crippen LogP contribution in [0.5, 0.6) is 0 Å². The van der Waals surface area contributed by atoms with Gasteiger partial charge >= 0.3 is 0 Å². The number of hydrogen-bond acceptors (Lipinski definition) is 1. The molecule has 2 N–H and O–H groups in total. The van der Waals surface area contributed by atoms with Gasteiger partial charge < -0.3 is 5.73 Å². The van der Waals surface area contributed by atoms with Crippen LogP contribution in [0, 0.1) is 13.8 Å². The lowest BCUT2D eigenvalue weighted by atomic mass is 9.94. The minimum atomic E-state index is -1.27. The fraction of sp³-hybridized carbons (Fsp3) is 0.500. The summed E-state index contributed by atoms with van der Waals surface area (Å²) in [6.45, 7) is 4.15. The van der Waals surface area contributed by atoms with E-state index in [2.05, 4.69) is 6.07 Å². The summed E-state index contributed by atoms with van der Waals surface area (Å²) in [7, 11) is 0. The van der Waals surface area contributed by atoms with Crippen molar-refractivity contribution in [1.29, 1.82) is 0 Å². The second kappa shape index (κ2) is 3.06. The van der Waals surface area contributed by atoms with Crippen LogP contribution < -0.4 is 5.73 Å². The SMILES string of the molecule is Cc1cc(C)c2c(c1)C(F)(CN)CC2. The summed E-state index contributed by atoms with van der Waals surface area (Å²) in [5, 5.41) is 0. The van der Waals surface area contributed by atoms with Crippen LogP contribution in [0.1, 0.15) is 28.7 Å². The Morgan fingerprint density at radius 3 is 2.79 bits per heavy atom. The number of nitrogens with two attached hydrogens (primary N) is 1. The van der Waals surface area contributed by atoms with Crippen LogP contribution in [-0.2, 0) is 12.1 Å². The second-order valence-electron chi connectivity index (χ2n) is 4.28. The zero-order valence-corrected chi connectivity index (χ0v) is 8.73. The van der Waals surface area contributed by atoms with Gasteiger partial charge in [0.15, 0.2) is 0 Å². The number of rotatable bonds is 1. The Labute approximate surface area is 84.1 Å². The van der Waals surface area contributed by atoms with E-state index >= 15 is 0 Å². The van der Waals surface area contributed by atoms with Crippen molar-refractivity contribution in [3.05, 3.63) is 34.4 Å². The lowest BCUT2D eigenvalue weighted by Crippen LogP contribution is -2.27. The topological polar surface area (TPSA) is 26.0 Å². The fourth-order valence-electron chi connectivity index (χ4n) is 2.40. The summed E-state index contributed by atoms with van der Waals surface area (Å²) >= 11 is 0. The maximum absolute atomic E-state index is 14.3. The van der Waals surface area contributed by atoms with E-state index in [0.29, 0.717) is 6.42 Å². The van der Waals surface area contributed by atoms with Crippen LogP contribution >= 0.6 is 0 Å². The van der Waals surface area contributed by atoms with Gasteiger partial charge in [-0.1, -0.05) is 17.7 Å². The molecule has 1 nitrogen and oxygen atoms in total. The molecule has 0 aliphatic heterocycles. The summed E-state index contributed by atoms with van der Waals surface area (Å²) in [6.07, 6.45) is 1.37. The predicted molar refractivity (Wildman–Crippen MR) is 56.1 cm³/mol. The van der Waals surface area contributed by atoms with Crippen LogP contribution in [0.3, 0.4) is 0 Å². The first-order chi connectivity index (χ1) is 6.57. The molecule has 0 fully saturated rings. The van der Waals surface area contributed by atoms with E-state index in [0.717, 1.165) is 17.5 Å². The maximum atomic E-state index is 14.3. The molecule has 1 atom stereocenters. The number of aryl methyl sites for hydroxylation is 2. The van der Waals surface area contributed by atoms with Gasteiger partial charge in [-0.2, -0.15) is 0 Å². The molecule has 1 aromatic carbocycles. The Bertz CT molecular complexity index is 373. The molecule has 2 rings (SSSR count). The van der Waals surface area contributed by atoms with E-state index in [1.165, 1.54) is 11.1 Å². The Hall–Kier alpha value is -0.890. The zero-order valence-electron chi connectivity index (χ0n) is 8.73. The molecule has 1 aliphatic rings. The molecule has 0 saturated heterocycles. The molecule has 0 amide bonds. The molecule has 0 spiro atoms. The summed E-state index contributed by atoms with van der Waals surface area (Å²) in [5.41, 5.74) is 8.56. The first-order valence-electron chi connectivity index (χ1n) is 5.06. The highest BCUT2D eigenvalue weighted by Crippen LogP contribution is 2.41. The fourth-order valence-corrected chi connectivity index (χ4v) is 2.40. The first kappa shape index (κ1) is 9.66. The van der Waals surface area contributed by atoms with Crippen molar-refractivity contribution in [2.45, 2.75) is 32.4 Å². The monoisotopic (exact) mass is 193 g/mol. The normalized spacial score (nSPS) is 25.1. The van der Waals surface area contributed by atoms with E-state index in [9.17, 15) is 4.39 Å². The molecule has 76 valence electrons. The van der Waals surface area contributed by atoms with E-state index < -0.39 is 5.67 Å². The van der Waals surface area contributed by atoms with Gasteiger partial charge in [-0.3, -0.25) is 0 Å². The second-order valence-corrected chi connectivity index (χ2v) is 4.28. The average Bonchev–Trinajstić information content (AvgIpc) is 2.46. The highest BCUT2D eigenvalue weighted by atomic mass is 19.1. The lowest BCUT2D eigenvalue weighted by Gasteiger charge is -2.19. The molecule has 1 unspecified atom stereocenters. The van der Waals surface area contributed by atoms with Crippen molar-refractivity contribution in [3.8, 4) is 0 Å².